The lowest BCUT2D eigenvalue weighted by molar-refractivity contribution is -0.127. The van der Waals surface area contributed by atoms with Gasteiger partial charge in [0.1, 0.15) is 0 Å². The second-order valence-corrected chi connectivity index (χ2v) is 8.46. The summed E-state index contributed by atoms with van der Waals surface area (Å²) in [4.78, 5) is 17.6. The molecule has 0 aromatic heterocycles. The Morgan fingerprint density at radius 3 is 2.33 bits per heavy atom. The molecule has 30 heavy (non-hydrogen) atoms. The molecule has 2 saturated heterocycles. The molecule has 2 aliphatic heterocycles. The van der Waals surface area contributed by atoms with E-state index in [0.29, 0.717) is 0 Å². The van der Waals surface area contributed by atoms with Gasteiger partial charge < -0.3 is 15.0 Å². The van der Waals surface area contributed by atoms with E-state index in [4.69, 9.17) is 4.74 Å². The summed E-state index contributed by atoms with van der Waals surface area (Å²) in [5.41, 5.74) is 3.72. The summed E-state index contributed by atoms with van der Waals surface area (Å²) in [6.45, 7) is 8.47. The first-order chi connectivity index (χ1) is 14.7. The van der Waals surface area contributed by atoms with E-state index in [-0.39, 0.29) is 17.9 Å². The zero-order valence-corrected chi connectivity index (χ0v) is 17.9. The van der Waals surface area contributed by atoms with Gasteiger partial charge in [-0.25, -0.2) is 0 Å². The molecular weight excluding hydrogens is 374 g/mol. The second-order valence-electron chi connectivity index (χ2n) is 8.46. The van der Waals surface area contributed by atoms with Crippen LogP contribution in [-0.4, -0.2) is 50.2 Å². The molecule has 2 aromatic carbocycles. The highest BCUT2D eigenvalue weighted by Gasteiger charge is 2.26. The molecule has 0 radical (unpaired) electrons. The highest BCUT2D eigenvalue weighted by Crippen LogP contribution is 2.23. The zero-order chi connectivity index (χ0) is 20.8. The van der Waals surface area contributed by atoms with Crippen molar-refractivity contribution in [1.82, 2.24) is 10.2 Å². The fraction of sp³-hybridized carbons (Fsp3) is 0.480. The van der Waals surface area contributed by atoms with Crippen LogP contribution in [0.25, 0.3) is 0 Å². The summed E-state index contributed by atoms with van der Waals surface area (Å²) in [5, 5.41) is 3.24. The molecule has 2 heterocycles. The molecule has 2 fully saturated rings. The Kier molecular flexibility index (Phi) is 7.03. The Bertz CT molecular complexity index is 795. The Hall–Kier alpha value is -2.37. The van der Waals surface area contributed by atoms with Gasteiger partial charge in [-0.1, -0.05) is 42.5 Å². The number of piperidine rings is 1. The fourth-order valence-corrected chi connectivity index (χ4v) is 4.40. The molecule has 2 aromatic rings. The van der Waals surface area contributed by atoms with Crippen LogP contribution in [0.15, 0.2) is 54.6 Å². The van der Waals surface area contributed by atoms with Gasteiger partial charge in [0.25, 0.3) is 0 Å². The van der Waals surface area contributed by atoms with Crippen LogP contribution < -0.4 is 10.2 Å². The van der Waals surface area contributed by atoms with E-state index in [1.165, 1.54) is 11.3 Å². The molecule has 1 N–H and O–H groups in total. The lowest BCUT2D eigenvalue weighted by Crippen LogP contribution is -2.40. The van der Waals surface area contributed by atoms with E-state index in [2.05, 4.69) is 76.6 Å². The number of anilines is 1. The van der Waals surface area contributed by atoms with Crippen molar-refractivity contribution in [3.05, 3.63) is 65.7 Å². The third-order valence-corrected chi connectivity index (χ3v) is 6.34. The van der Waals surface area contributed by atoms with Crippen LogP contribution in [0.5, 0.6) is 0 Å². The Morgan fingerprint density at radius 1 is 1.00 bits per heavy atom. The SMILES string of the molecule is C[C@@H](NC(=O)C1CCN(Cc2ccccc2)CC1)c1ccc(N2CCOCC2)cc1. The summed E-state index contributed by atoms with van der Waals surface area (Å²) in [6.07, 6.45) is 1.86. The van der Waals surface area contributed by atoms with Crippen molar-refractivity contribution < 1.29 is 9.53 Å². The first-order valence-electron chi connectivity index (χ1n) is 11.2. The number of benzene rings is 2. The maximum absolute atomic E-state index is 12.8. The maximum Gasteiger partial charge on any atom is 0.223 e. The molecule has 2 aliphatic rings. The smallest absolute Gasteiger partial charge is 0.223 e. The molecule has 160 valence electrons. The number of likely N-dealkylation sites (tertiary alicyclic amines) is 1. The molecule has 4 rings (SSSR count). The molecule has 0 saturated carbocycles. The number of nitrogens with one attached hydrogen (secondary N) is 1. The quantitative estimate of drug-likeness (QED) is 0.795. The summed E-state index contributed by atoms with van der Waals surface area (Å²) in [6, 6.07) is 19.2. The van der Waals surface area contributed by atoms with Crippen LogP contribution in [-0.2, 0) is 16.1 Å². The fourth-order valence-electron chi connectivity index (χ4n) is 4.40. The molecule has 5 heteroatoms. The van der Waals surface area contributed by atoms with Gasteiger partial charge in [-0.05, 0) is 56.1 Å². The van der Waals surface area contributed by atoms with E-state index < -0.39 is 0 Å². The van der Waals surface area contributed by atoms with E-state index in [1.807, 2.05) is 0 Å². The predicted molar refractivity (Wildman–Crippen MR) is 120 cm³/mol. The third kappa shape index (κ3) is 5.41. The van der Waals surface area contributed by atoms with E-state index in [9.17, 15) is 4.79 Å². The van der Waals surface area contributed by atoms with Gasteiger partial charge in [-0.15, -0.1) is 0 Å². The van der Waals surface area contributed by atoms with Crippen molar-refractivity contribution in [1.29, 1.82) is 0 Å². The number of ether oxygens (including phenoxy) is 1. The Balaban J connectivity index is 1.24. The number of carbonyl (C=O) groups is 1. The first kappa shape index (κ1) is 20.9. The van der Waals surface area contributed by atoms with Gasteiger partial charge in [-0.3, -0.25) is 9.69 Å². The monoisotopic (exact) mass is 407 g/mol. The van der Waals surface area contributed by atoms with Gasteiger partial charge >= 0.3 is 0 Å². The van der Waals surface area contributed by atoms with Gasteiger partial charge in [0, 0.05) is 31.2 Å². The number of amides is 1. The molecular formula is C25H33N3O2. The van der Waals surface area contributed by atoms with Crippen LogP contribution in [0.3, 0.4) is 0 Å². The largest absolute Gasteiger partial charge is 0.378 e. The highest BCUT2D eigenvalue weighted by atomic mass is 16.5. The summed E-state index contributed by atoms with van der Waals surface area (Å²) in [7, 11) is 0. The van der Waals surface area contributed by atoms with Crippen molar-refractivity contribution in [2.24, 2.45) is 5.92 Å². The zero-order valence-electron chi connectivity index (χ0n) is 17.9. The van der Waals surface area contributed by atoms with Crippen LogP contribution in [0, 0.1) is 5.92 Å². The summed E-state index contributed by atoms with van der Waals surface area (Å²) >= 11 is 0. The normalized spacial score (nSPS) is 19.4. The molecule has 0 aliphatic carbocycles. The number of morpholine rings is 1. The van der Waals surface area contributed by atoms with E-state index in [0.717, 1.165) is 64.3 Å². The van der Waals surface area contributed by atoms with Crippen LogP contribution in [0.4, 0.5) is 5.69 Å². The van der Waals surface area contributed by atoms with Crippen molar-refractivity contribution in [2.75, 3.05) is 44.3 Å². The standard InChI is InChI=1S/C25H33N3O2/c1-20(22-7-9-24(10-8-22)28-15-17-30-18-16-28)26-25(29)23-11-13-27(14-12-23)19-21-5-3-2-4-6-21/h2-10,20,23H,11-19H2,1H3,(H,26,29)/t20-/m1/s1. The first-order valence-corrected chi connectivity index (χ1v) is 11.2. The van der Waals surface area contributed by atoms with Crippen molar-refractivity contribution in [3.8, 4) is 0 Å². The number of hydrogen-bond donors (Lipinski definition) is 1. The number of nitrogens with zero attached hydrogens (tertiary/aromatic N) is 2. The van der Waals surface area contributed by atoms with Gasteiger partial charge in [0.2, 0.25) is 5.91 Å². The number of hydrogen-bond acceptors (Lipinski definition) is 4. The third-order valence-electron chi connectivity index (χ3n) is 6.34. The highest BCUT2D eigenvalue weighted by molar-refractivity contribution is 5.79. The summed E-state index contributed by atoms with van der Waals surface area (Å²) in [5.74, 6) is 0.311. The van der Waals surface area contributed by atoms with Crippen molar-refractivity contribution in [3.63, 3.8) is 0 Å². The molecule has 1 amide bonds. The van der Waals surface area contributed by atoms with Gasteiger partial charge in [-0.2, -0.15) is 0 Å². The van der Waals surface area contributed by atoms with Gasteiger partial charge in [0.05, 0.1) is 19.3 Å². The average molecular weight is 408 g/mol. The van der Waals surface area contributed by atoms with Crippen molar-refractivity contribution >= 4 is 11.6 Å². The molecule has 0 unspecified atom stereocenters. The summed E-state index contributed by atoms with van der Waals surface area (Å²) < 4.78 is 5.43. The number of rotatable bonds is 6. The van der Waals surface area contributed by atoms with E-state index >= 15 is 0 Å². The van der Waals surface area contributed by atoms with E-state index in [1.54, 1.807) is 0 Å². The average Bonchev–Trinajstić information content (AvgIpc) is 2.81. The second kappa shape index (κ2) is 10.1. The predicted octanol–water partition coefficient (Wildman–Crippen LogP) is 3.61. The minimum atomic E-state index is 0.0265. The van der Waals surface area contributed by atoms with Crippen LogP contribution >= 0.6 is 0 Å². The molecule has 0 spiro atoms. The molecule has 5 nitrogen and oxygen atoms in total. The minimum absolute atomic E-state index is 0.0265. The Labute approximate surface area is 180 Å². The Morgan fingerprint density at radius 2 is 1.67 bits per heavy atom. The van der Waals surface area contributed by atoms with Crippen LogP contribution in [0.2, 0.25) is 0 Å². The van der Waals surface area contributed by atoms with Gasteiger partial charge in [0.15, 0.2) is 0 Å². The topological polar surface area (TPSA) is 44.8 Å². The molecule has 0 bridgehead atoms. The van der Waals surface area contributed by atoms with Crippen LogP contribution in [0.1, 0.15) is 36.9 Å². The molecule has 1 atom stereocenters. The minimum Gasteiger partial charge on any atom is -0.378 e. The lowest BCUT2D eigenvalue weighted by Gasteiger charge is -2.32. The van der Waals surface area contributed by atoms with Crippen molar-refractivity contribution in [2.45, 2.75) is 32.4 Å². The lowest BCUT2D eigenvalue weighted by atomic mass is 9.95. The maximum atomic E-state index is 12.8. The number of carbonyl (C=O) groups excluding carboxylic acids is 1.